The molecule has 0 amide bonds. The van der Waals surface area contributed by atoms with E-state index >= 15 is 0 Å². The highest BCUT2D eigenvalue weighted by molar-refractivity contribution is 6.36. The normalized spacial score (nSPS) is 11.5. The average Bonchev–Trinajstić information content (AvgIpc) is 3.31. The summed E-state index contributed by atoms with van der Waals surface area (Å²) in [5.41, 5.74) is 13.1. The first-order valence-electron chi connectivity index (χ1n) is 19.8. The van der Waals surface area contributed by atoms with Gasteiger partial charge in [-0.2, -0.15) is 0 Å². The molecule has 0 bridgehead atoms. The van der Waals surface area contributed by atoms with Gasteiger partial charge in [0.1, 0.15) is 0 Å². The van der Waals surface area contributed by atoms with Crippen LogP contribution >= 0.6 is 11.6 Å². The summed E-state index contributed by atoms with van der Waals surface area (Å²) in [7, 11) is 0. The number of hydrogen-bond acceptors (Lipinski definition) is 3. The van der Waals surface area contributed by atoms with Crippen LogP contribution in [0.1, 0.15) is 6.92 Å². The summed E-state index contributed by atoms with van der Waals surface area (Å²) >= 11 is 7.77. The largest absolute Gasteiger partial charge is 0.310 e. The van der Waals surface area contributed by atoms with Crippen molar-refractivity contribution >= 4 is 51.4 Å². The Kier molecular flexibility index (Phi) is 11.9. The fourth-order valence-corrected chi connectivity index (χ4v) is 7.69. The van der Waals surface area contributed by atoms with Crippen molar-refractivity contribution < 1.29 is 0 Å². The van der Waals surface area contributed by atoms with Crippen LogP contribution in [-0.2, 0) is 0 Å². The van der Waals surface area contributed by atoms with Crippen LogP contribution in [0.4, 0.5) is 39.8 Å². The fourth-order valence-electron chi connectivity index (χ4n) is 7.40. The van der Waals surface area contributed by atoms with Gasteiger partial charge in [0, 0.05) is 39.8 Å². The third-order valence-electron chi connectivity index (χ3n) is 10.3. The molecule has 0 aliphatic carbocycles. The van der Waals surface area contributed by atoms with E-state index in [1.54, 1.807) is 0 Å². The number of allylic oxidation sites excluding steroid dienone is 3. The number of benzene rings is 8. The van der Waals surface area contributed by atoms with E-state index in [9.17, 15) is 0 Å². The smallest absolute Gasteiger partial charge is 0.0887 e. The van der Waals surface area contributed by atoms with E-state index in [2.05, 4.69) is 228 Å². The van der Waals surface area contributed by atoms with Crippen LogP contribution in [-0.4, -0.2) is 0 Å². The molecule has 0 fully saturated rings. The van der Waals surface area contributed by atoms with E-state index in [0.29, 0.717) is 5.02 Å². The van der Waals surface area contributed by atoms with Gasteiger partial charge >= 0.3 is 0 Å². The van der Waals surface area contributed by atoms with Gasteiger partial charge in [0.05, 0.1) is 16.4 Å². The van der Waals surface area contributed by atoms with Crippen LogP contribution in [0.25, 0.3) is 22.3 Å². The van der Waals surface area contributed by atoms with Crippen LogP contribution in [0.15, 0.2) is 255 Å². The SMILES string of the molecule is C=C/C(=C\C(=C/C)N(c1ccc(-c2ccccc2)cc1)c1cccc(N(c2ccccc2)c2ccc(-c3ccccc3)cc2)c1Cl)N(c1ccccc1)c1ccccc1. The maximum absolute atomic E-state index is 7.77. The molecule has 8 aromatic rings. The summed E-state index contributed by atoms with van der Waals surface area (Å²) in [5, 5.41) is 0.603. The highest BCUT2D eigenvalue weighted by atomic mass is 35.5. The van der Waals surface area contributed by atoms with Gasteiger partial charge in [0.15, 0.2) is 0 Å². The first-order chi connectivity index (χ1) is 29.1. The average molecular weight is 782 g/mol. The van der Waals surface area contributed by atoms with Gasteiger partial charge < -0.3 is 14.7 Å². The minimum atomic E-state index is 0.603. The molecule has 0 spiro atoms. The number of hydrogen-bond donors (Lipinski definition) is 0. The van der Waals surface area contributed by atoms with Gasteiger partial charge in [-0.15, -0.1) is 0 Å². The summed E-state index contributed by atoms with van der Waals surface area (Å²) < 4.78 is 0. The van der Waals surface area contributed by atoms with Gasteiger partial charge in [-0.25, -0.2) is 0 Å². The lowest BCUT2D eigenvalue weighted by Crippen LogP contribution is -2.20. The van der Waals surface area contributed by atoms with Crippen LogP contribution in [0, 0.1) is 0 Å². The molecular weight excluding hydrogens is 738 g/mol. The monoisotopic (exact) mass is 781 g/mol. The standard InChI is InChI=1S/C55H44ClN3/c1-3-46(57(48-25-14-7-15-26-48)49-27-16-8-17-28-49)41-47(4-2)58(51-37-33-44(34-38-51)42-21-10-5-11-22-42)53-31-20-32-54(55(53)56)59(50-29-18-9-19-30-50)52-39-35-45(36-40-52)43-23-12-6-13-24-43/h3-41H,1H2,2H3/b46-41+,47-4+. The lowest BCUT2D eigenvalue weighted by atomic mass is 10.0. The maximum Gasteiger partial charge on any atom is 0.0887 e. The molecule has 8 aromatic carbocycles. The molecule has 0 aromatic heterocycles. The molecule has 0 unspecified atom stereocenters. The van der Waals surface area contributed by atoms with E-state index in [4.69, 9.17) is 11.6 Å². The van der Waals surface area contributed by atoms with Crippen molar-refractivity contribution in [1.29, 1.82) is 0 Å². The Bertz CT molecular complexity index is 2620. The predicted octanol–water partition coefficient (Wildman–Crippen LogP) is 16.1. The number of para-hydroxylation sites is 3. The third-order valence-corrected chi connectivity index (χ3v) is 10.7. The fraction of sp³-hybridized carbons (Fsp3) is 0.0182. The molecule has 8 rings (SSSR count). The molecule has 0 saturated carbocycles. The minimum Gasteiger partial charge on any atom is -0.310 e. The Balaban J connectivity index is 1.29. The lowest BCUT2D eigenvalue weighted by molar-refractivity contribution is 1.15. The molecule has 4 heteroatoms. The molecule has 0 aliphatic rings. The molecular formula is C55H44ClN3. The van der Waals surface area contributed by atoms with Crippen molar-refractivity contribution in [3.05, 3.63) is 260 Å². The van der Waals surface area contributed by atoms with E-state index in [1.165, 1.54) is 5.56 Å². The summed E-state index contributed by atoms with van der Waals surface area (Å²) in [4.78, 5) is 6.69. The zero-order valence-electron chi connectivity index (χ0n) is 32.9. The Morgan fingerprint density at radius 1 is 0.390 bits per heavy atom. The Morgan fingerprint density at radius 3 is 1.22 bits per heavy atom. The third kappa shape index (κ3) is 8.52. The van der Waals surface area contributed by atoms with Crippen molar-refractivity contribution in [2.75, 3.05) is 14.7 Å². The second kappa shape index (κ2) is 18.3. The van der Waals surface area contributed by atoms with Crippen molar-refractivity contribution in [1.82, 2.24) is 0 Å². The first kappa shape index (κ1) is 38.5. The lowest BCUT2D eigenvalue weighted by Gasteiger charge is -2.32. The van der Waals surface area contributed by atoms with Crippen molar-refractivity contribution in [2.24, 2.45) is 0 Å². The van der Waals surface area contributed by atoms with E-state index < -0.39 is 0 Å². The number of anilines is 7. The zero-order chi connectivity index (χ0) is 40.4. The van der Waals surface area contributed by atoms with Crippen LogP contribution in [0.3, 0.4) is 0 Å². The van der Waals surface area contributed by atoms with Gasteiger partial charge in [-0.3, -0.25) is 0 Å². The molecule has 0 N–H and O–H groups in total. The Hall–Kier alpha value is -7.33. The highest BCUT2D eigenvalue weighted by Crippen LogP contribution is 2.46. The van der Waals surface area contributed by atoms with Crippen LogP contribution < -0.4 is 14.7 Å². The second-order valence-electron chi connectivity index (χ2n) is 13.9. The molecule has 0 radical (unpaired) electrons. The van der Waals surface area contributed by atoms with Crippen molar-refractivity contribution in [3.63, 3.8) is 0 Å². The summed E-state index contributed by atoms with van der Waals surface area (Å²) in [6, 6.07) is 75.7. The molecule has 0 saturated heterocycles. The molecule has 0 heterocycles. The minimum absolute atomic E-state index is 0.603. The van der Waals surface area contributed by atoms with Crippen molar-refractivity contribution in [3.8, 4) is 22.3 Å². The summed E-state index contributed by atoms with van der Waals surface area (Å²) in [5.74, 6) is 0. The zero-order valence-corrected chi connectivity index (χ0v) is 33.7. The first-order valence-corrected chi connectivity index (χ1v) is 20.2. The van der Waals surface area contributed by atoms with Gasteiger partial charge in [-0.1, -0.05) is 170 Å². The summed E-state index contributed by atoms with van der Waals surface area (Å²) in [6.07, 6.45) is 6.22. The maximum atomic E-state index is 7.77. The van der Waals surface area contributed by atoms with Crippen LogP contribution in [0.5, 0.6) is 0 Å². The molecule has 59 heavy (non-hydrogen) atoms. The number of halogens is 1. The topological polar surface area (TPSA) is 9.72 Å². The van der Waals surface area contributed by atoms with E-state index in [1.807, 2.05) is 36.4 Å². The van der Waals surface area contributed by atoms with Gasteiger partial charge in [0.2, 0.25) is 0 Å². The highest BCUT2D eigenvalue weighted by Gasteiger charge is 2.24. The van der Waals surface area contributed by atoms with Gasteiger partial charge in [-0.05, 0) is 114 Å². The second-order valence-corrected chi connectivity index (χ2v) is 14.3. The van der Waals surface area contributed by atoms with E-state index in [-0.39, 0.29) is 0 Å². The summed E-state index contributed by atoms with van der Waals surface area (Å²) in [6.45, 7) is 6.39. The van der Waals surface area contributed by atoms with Crippen molar-refractivity contribution in [2.45, 2.75) is 6.92 Å². The number of nitrogens with zero attached hydrogens (tertiary/aromatic N) is 3. The molecule has 0 aliphatic heterocycles. The predicted molar refractivity (Wildman–Crippen MR) is 253 cm³/mol. The quantitative estimate of drug-likeness (QED) is 0.108. The Morgan fingerprint density at radius 2 is 0.763 bits per heavy atom. The molecule has 0 atom stereocenters. The van der Waals surface area contributed by atoms with Gasteiger partial charge in [0.25, 0.3) is 0 Å². The molecule has 286 valence electrons. The number of rotatable bonds is 13. The van der Waals surface area contributed by atoms with E-state index in [0.717, 1.165) is 67.9 Å². The van der Waals surface area contributed by atoms with Crippen LogP contribution in [0.2, 0.25) is 5.02 Å². The Labute approximate surface area is 353 Å². The molecule has 3 nitrogen and oxygen atoms in total.